The minimum atomic E-state index is 0.854. The van der Waals surface area contributed by atoms with Crippen LogP contribution < -0.4 is 0 Å². The van der Waals surface area contributed by atoms with Crippen molar-refractivity contribution in [2.75, 3.05) is 0 Å². The van der Waals surface area contributed by atoms with Crippen molar-refractivity contribution in [3.63, 3.8) is 0 Å². The number of unbranched alkanes of at least 4 members (excludes halogenated alkanes) is 3. The van der Waals surface area contributed by atoms with E-state index in [1.165, 1.54) is 51.4 Å². The predicted octanol–water partition coefficient (Wildman–Crippen LogP) is 6.69. The van der Waals surface area contributed by atoms with Gasteiger partial charge in [-0.1, -0.05) is 92.9 Å². The summed E-state index contributed by atoms with van der Waals surface area (Å²) in [6.45, 7) is 14.3. The van der Waals surface area contributed by atoms with Gasteiger partial charge in [-0.05, 0) is 23.7 Å². The molecule has 0 aromatic heterocycles. The van der Waals surface area contributed by atoms with Gasteiger partial charge in [0.05, 0.1) is 0 Å². The second-order valence-corrected chi connectivity index (χ2v) is 7.01. The van der Waals surface area contributed by atoms with E-state index in [1.807, 2.05) is 0 Å². The molecule has 0 saturated carbocycles. The average Bonchev–Trinajstić information content (AvgIpc) is 2.31. The van der Waals surface area contributed by atoms with Crippen LogP contribution in [-0.4, -0.2) is 0 Å². The molecule has 18 heavy (non-hydrogen) atoms. The Labute approximate surface area is 117 Å². The summed E-state index contributed by atoms with van der Waals surface area (Å²) in [7, 11) is 0. The van der Waals surface area contributed by atoms with Gasteiger partial charge in [-0.15, -0.1) is 0 Å². The molecule has 0 spiro atoms. The van der Waals surface area contributed by atoms with Crippen molar-refractivity contribution in [2.45, 2.75) is 92.9 Å². The van der Waals surface area contributed by atoms with Crippen LogP contribution in [0.15, 0.2) is 0 Å². The van der Waals surface area contributed by atoms with E-state index in [9.17, 15) is 0 Å². The number of hydrogen-bond acceptors (Lipinski definition) is 0. The Kier molecular flexibility index (Phi) is 10.9. The van der Waals surface area contributed by atoms with Gasteiger partial charge in [0.15, 0.2) is 0 Å². The van der Waals surface area contributed by atoms with Crippen LogP contribution in [0.5, 0.6) is 0 Å². The van der Waals surface area contributed by atoms with Crippen molar-refractivity contribution < 1.29 is 0 Å². The van der Waals surface area contributed by atoms with Crippen LogP contribution in [-0.2, 0) is 0 Å². The van der Waals surface area contributed by atoms with Crippen molar-refractivity contribution in [2.24, 2.45) is 23.7 Å². The maximum absolute atomic E-state index is 2.41. The van der Waals surface area contributed by atoms with E-state index in [4.69, 9.17) is 0 Å². The zero-order chi connectivity index (χ0) is 14.0. The van der Waals surface area contributed by atoms with E-state index in [-0.39, 0.29) is 0 Å². The fraction of sp³-hybridized carbons (Fsp3) is 1.00. The fourth-order valence-corrected chi connectivity index (χ4v) is 2.68. The smallest absolute Gasteiger partial charge is 0.0391 e. The third-order valence-electron chi connectivity index (χ3n) is 4.74. The second-order valence-electron chi connectivity index (χ2n) is 7.01. The van der Waals surface area contributed by atoms with Crippen LogP contribution in [0, 0.1) is 23.7 Å². The summed E-state index contributed by atoms with van der Waals surface area (Å²) in [5, 5.41) is 0. The molecule has 0 nitrogen and oxygen atoms in total. The third kappa shape index (κ3) is 9.00. The quantitative estimate of drug-likeness (QED) is 0.360. The maximum Gasteiger partial charge on any atom is -0.0391 e. The lowest BCUT2D eigenvalue weighted by Gasteiger charge is -2.22. The molecule has 0 aliphatic heterocycles. The molecule has 0 aromatic rings. The molecule has 0 N–H and O–H groups in total. The van der Waals surface area contributed by atoms with Gasteiger partial charge in [-0.2, -0.15) is 0 Å². The normalized spacial score (nSPS) is 15.3. The van der Waals surface area contributed by atoms with Gasteiger partial charge in [0.25, 0.3) is 0 Å². The molecule has 0 aliphatic carbocycles. The summed E-state index contributed by atoms with van der Waals surface area (Å²) in [5.74, 6) is 3.60. The lowest BCUT2D eigenvalue weighted by atomic mass is 9.84. The van der Waals surface area contributed by atoms with Crippen LogP contribution >= 0.6 is 0 Å². The monoisotopic (exact) mass is 254 g/mol. The van der Waals surface area contributed by atoms with Gasteiger partial charge >= 0.3 is 0 Å². The van der Waals surface area contributed by atoms with Gasteiger partial charge in [0.1, 0.15) is 0 Å². The van der Waals surface area contributed by atoms with Gasteiger partial charge in [-0.3, -0.25) is 0 Å². The summed E-state index contributed by atoms with van der Waals surface area (Å²) >= 11 is 0. The minimum Gasteiger partial charge on any atom is -0.0654 e. The highest BCUT2D eigenvalue weighted by Crippen LogP contribution is 2.26. The SMILES string of the molecule is CCCCCC[C@H](CCCC(C)C(C)C)C(C)C. The molecular formula is C18H38. The topological polar surface area (TPSA) is 0 Å². The Balaban J connectivity index is 3.76. The van der Waals surface area contributed by atoms with Crippen molar-refractivity contribution >= 4 is 0 Å². The minimum absolute atomic E-state index is 0.854. The molecule has 2 atom stereocenters. The highest BCUT2D eigenvalue weighted by Gasteiger charge is 2.14. The zero-order valence-electron chi connectivity index (χ0n) is 14.0. The Bertz CT molecular complexity index is 169. The number of rotatable bonds is 11. The fourth-order valence-electron chi connectivity index (χ4n) is 2.68. The molecular weight excluding hydrogens is 216 g/mol. The first-order valence-electron chi connectivity index (χ1n) is 8.49. The van der Waals surface area contributed by atoms with Crippen LogP contribution in [0.1, 0.15) is 92.9 Å². The Morgan fingerprint density at radius 2 is 1.22 bits per heavy atom. The van der Waals surface area contributed by atoms with Gasteiger partial charge < -0.3 is 0 Å². The standard InChI is InChI=1S/C18H38/c1-7-8-9-10-13-18(16(4)5)14-11-12-17(6)15(2)3/h15-18H,7-14H2,1-6H3/t17?,18-/m1/s1. The van der Waals surface area contributed by atoms with E-state index >= 15 is 0 Å². The van der Waals surface area contributed by atoms with Crippen molar-refractivity contribution in [1.29, 1.82) is 0 Å². The van der Waals surface area contributed by atoms with E-state index < -0.39 is 0 Å². The lowest BCUT2D eigenvalue weighted by molar-refractivity contribution is 0.293. The van der Waals surface area contributed by atoms with Crippen LogP contribution in [0.3, 0.4) is 0 Å². The Hall–Kier alpha value is 0. The summed E-state index contributed by atoms with van der Waals surface area (Å²) in [5.41, 5.74) is 0. The van der Waals surface area contributed by atoms with Crippen molar-refractivity contribution in [3.05, 3.63) is 0 Å². The molecule has 0 heterocycles. The highest BCUT2D eigenvalue weighted by molar-refractivity contribution is 4.66. The molecule has 0 bridgehead atoms. The van der Waals surface area contributed by atoms with E-state index in [0.29, 0.717) is 0 Å². The van der Waals surface area contributed by atoms with Crippen molar-refractivity contribution in [3.8, 4) is 0 Å². The third-order valence-corrected chi connectivity index (χ3v) is 4.74. The molecule has 0 heteroatoms. The summed E-state index contributed by atoms with van der Waals surface area (Å²) in [6, 6.07) is 0. The number of hydrogen-bond donors (Lipinski definition) is 0. The summed E-state index contributed by atoms with van der Waals surface area (Å²) in [6.07, 6.45) is 11.5. The molecule has 0 aromatic carbocycles. The first-order chi connectivity index (χ1) is 8.49. The van der Waals surface area contributed by atoms with Crippen LogP contribution in [0.2, 0.25) is 0 Å². The summed E-state index contributed by atoms with van der Waals surface area (Å²) < 4.78 is 0. The Morgan fingerprint density at radius 3 is 1.72 bits per heavy atom. The largest absolute Gasteiger partial charge is 0.0654 e. The van der Waals surface area contributed by atoms with Crippen LogP contribution in [0.25, 0.3) is 0 Å². The molecule has 0 fully saturated rings. The molecule has 0 radical (unpaired) electrons. The van der Waals surface area contributed by atoms with E-state index in [2.05, 4.69) is 41.5 Å². The molecule has 1 unspecified atom stereocenters. The first kappa shape index (κ1) is 18.0. The molecule has 110 valence electrons. The highest BCUT2D eigenvalue weighted by atomic mass is 14.2. The maximum atomic E-state index is 2.41. The zero-order valence-corrected chi connectivity index (χ0v) is 14.0. The molecule has 0 rings (SSSR count). The van der Waals surface area contributed by atoms with E-state index in [0.717, 1.165) is 23.7 Å². The van der Waals surface area contributed by atoms with Gasteiger partial charge in [-0.25, -0.2) is 0 Å². The molecule has 0 aliphatic rings. The first-order valence-corrected chi connectivity index (χ1v) is 8.49. The molecule has 0 amide bonds. The lowest BCUT2D eigenvalue weighted by Crippen LogP contribution is -2.10. The van der Waals surface area contributed by atoms with E-state index in [1.54, 1.807) is 0 Å². The summed E-state index contributed by atoms with van der Waals surface area (Å²) in [4.78, 5) is 0. The predicted molar refractivity (Wildman–Crippen MR) is 84.9 cm³/mol. The van der Waals surface area contributed by atoms with Gasteiger partial charge in [0.2, 0.25) is 0 Å². The van der Waals surface area contributed by atoms with Crippen LogP contribution in [0.4, 0.5) is 0 Å². The van der Waals surface area contributed by atoms with Gasteiger partial charge in [0, 0.05) is 0 Å². The second kappa shape index (κ2) is 10.9. The Morgan fingerprint density at radius 1 is 0.611 bits per heavy atom. The van der Waals surface area contributed by atoms with Crippen molar-refractivity contribution in [1.82, 2.24) is 0 Å². The average molecular weight is 255 g/mol. The molecule has 0 saturated heterocycles.